The smallest absolute Gasteiger partial charge is 0.273 e. The van der Waals surface area contributed by atoms with Gasteiger partial charge in [-0.25, -0.2) is 8.42 Å². The van der Waals surface area contributed by atoms with Gasteiger partial charge in [0.2, 0.25) is 5.13 Å². The summed E-state index contributed by atoms with van der Waals surface area (Å²) in [6.45, 7) is 2.01. The molecule has 30 heavy (non-hydrogen) atoms. The maximum absolute atomic E-state index is 13.0. The number of carbonyl (C=O) groups is 2. The van der Waals surface area contributed by atoms with Gasteiger partial charge in [-0.15, -0.1) is 10.2 Å². The number of sulfonamides is 1. The minimum Gasteiger partial charge on any atom is -0.296 e. The highest BCUT2D eigenvalue weighted by molar-refractivity contribution is 7.94. The predicted octanol–water partition coefficient (Wildman–Crippen LogP) is 3.75. The van der Waals surface area contributed by atoms with E-state index in [1.807, 2.05) is 6.92 Å². The zero-order chi connectivity index (χ0) is 21.5. The number of hydrogen-bond donors (Lipinski definition) is 1. The van der Waals surface area contributed by atoms with Crippen molar-refractivity contribution >= 4 is 55.6 Å². The van der Waals surface area contributed by atoms with Crippen molar-refractivity contribution in [2.45, 2.75) is 24.7 Å². The van der Waals surface area contributed by atoms with Crippen molar-refractivity contribution in [2.75, 3.05) is 9.62 Å². The van der Waals surface area contributed by atoms with Gasteiger partial charge in [-0.2, -0.15) is 4.31 Å². The lowest BCUT2D eigenvalue weighted by atomic mass is 10.1. The van der Waals surface area contributed by atoms with E-state index in [1.165, 1.54) is 53.8 Å². The van der Waals surface area contributed by atoms with Crippen LogP contribution in [0.2, 0.25) is 5.02 Å². The lowest BCUT2D eigenvalue weighted by molar-refractivity contribution is 0.100. The van der Waals surface area contributed by atoms with Crippen LogP contribution in [0.5, 0.6) is 0 Å². The van der Waals surface area contributed by atoms with E-state index < -0.39 is 21.8 Å². The lowest BCUT2D eigenvalue weighted by Crippen LogP contribution is -2.29. The Kier molecular flexibility index (Phi) is 5.31. The van der Waals surface area contributed by atoms with E-state index in [4.69, 9.17) is 11.6 Å². The molecular formula is C19H15ClN4O4S2. The van der Waals surface area contributed by atoms with Crippen LogP contribution in [0.1, 0.15) is 39.1 Å². The van der Waals surface area contributed by atoms with Gasteiger partial charge < -0.3 is 0 Å². The van der Waals surface area contributed by atoms with Crippen LogP contribution in [0.4, 0.5) is 10.8 Å². The van der Waals surface area contributed by atoms with E-state index in [1.54, 1.807) is 0 Å². The van der Waals surface area contributed by atoms with Crippen molar-refractivity contribution in [3.05, 3.63) is 63.6 Å². The van der Waals surface area contributed by atoms with E-state index in [0.29, 0.717) is 14.5 Å². The highest BCUT2D eigenvalue weighted by Crippen LogP contribution is 2.35. The molecule has 0 saturated carbocycles. The second-order valence-corrected chi connectivity index (χ2v) is 9.72. The van der Waals surface area contributed by atoms with E-state index >= 15 is 0 Å². The summed E-state index contributed by atoms with van der Waals surface area (Å²) >= 11 is 7.11. The molecule has 0 radical (unpaired) electrons. The Hall–Kier alpha value is -2.82. The summed E-state index contributed by atoms with van der Waals surface area (Å²) in [5.74, 6) is -1.22. The average molecular weight is 463 g/mol. The number of nitrogens with one attached hydrogen (secondary N) is 1. The number of aromatic nitrogens is 2. The van der Waals surface area contributed by atoms with Crippen molar-refractivity contribution < 1.29 is 18.0 Å². The first kappa shape index (κ1) is 20.5. The Morgan fingerprint density at radius 3 is 2.60 bits per heavy atom. The second kappa shape index (κ2) is 7.78. The molecule has 2 amide bonds. The maximum Gasteiger partial charge on any atom is 0.273 e. The van der Waals surface area contributed by atoms with Crippen molar-refractivity contribution in [1.29, 1.82) is 0 Å². The van der Waals surface area contributed by atoms with Crippen molar-refractivity contribution in [3.63, 3.8) is 0 Å². The molecule has 0 fully saturated rings. The third kappa shape index (κ3) is 3.57. The molecule has 0 aliphatic carbocycles. The summed E-state index contributed by atoms with van der Waals surface area (Å²) in [5.41, 5.74) is 0.266. The fourth-order valence-electron chi connectivity index (χ4n) is 2.99. The molecule has 1 aliphatic rings. The molecule has 8 nitrogen and oxygen atoms in total. The summed E-state index contributed by atoms with van der Waals surface area (Å²) in [6, 6.07) is 9.82. The van der Waals surface area contributed by atoms with Gasteiger partial charge in [-0.3, -0.25) is 14.9 Å². The molecule has 154 valence electrons. The Morgan fingerprint density at radius 1 is 1.17 bits per heavy atom. The van der Waals surface area contributed by atoms with Gasteiger partial charge in [0.1, 0.15) is 9.90 Å². The van der Waals surface area contributed by atoms with Gasteiger partial charge in [0.25, 0.3) is 21.8 Å². The van der Waals surface area contributed by atoms with Crippen LogP contribution in [0.3, 0.4) is 0 Å². The van der Waals surface area contributed by atoms with Gasteiger partial charge in [0, 0.05) is 17.0 Å². The van der Waals surface area contributed by atoms with Crippen LogP contribution >= 0.6 is 22.9 Å². The number of rotatable bonds is 5. The summed E-state index contributed by atoms with van der Waals surface area (Å²) in [4.78, 5) is 25.1. The average Bonchev–Trinajstić information content (AvgIpc) is 3.23. The van der Waals surface area contributed by atoms with E-state index in [9.17, 15) is 18.0 Å². The number of fused-ring (bicyclic) bond motifs is 1. The molecule has 0 spiro atoms. The summed E-state index contributed by atoms with van der Waals surface area (Å²) < 4.78 is 26.7. The van der Waals surface area contributed by atoms with Crippen LogP contribution in [-0.2, 0) is 16.4 Å². The number of benzene rings is 2. The number of carbonyl (C=O) groups excluding carboxylic acids is 2. The fraction of sp³-hybridized carbons (Fsp3) is 0.158. The second-order valence-electron chi connectivity index (χ2n) is 6.47. The van der Waals surface area contributed by atoms with Crippen LogP contribution in [0.15, 0.2) is 47.4 Å². The first-order chi connectivity index (χ1) is 14.3. The third-order valence-electron chi connectivity index (χ3n) is 4.39. The normalized spacial score (nSPS) is 14.6. The first-order valence-corrected chi connectivity index (χ1v) is 11.6. The molecule has 4 rings (SSSR count). The van der Waals surface area contributed by atoms with Gasteiger partial charge in [-0.1, -0.05) is 29.9 Å². The van der Waals surface area contributed by atoms with E-state index in [0.717, 1.165) is 17.8 Å². The van der Waals surface area contributed by atoms with Crippen molar-refractivity contribution in [3.8, 4) is 0 Å². The summed E-state index contributed by atoms with van der Waals surface area (Å²) in [7, 11) is -4.16. The van der Waals surface area contributed by atoms with Gasteiger partial charge in [-0.05, 0) is 48.9 Å². The Labute approximate surface area is 181 Å². The first-order valence-electron chi connectivity index (χ1n) is 8.94. The summed E-state index contributed by atoms with van der Waals surface area (Å²) in [6.07, 6.45) is 1.66. The van der Waals surface area contributed by atoms with E-state index in [2.05, 4.69) is 15.5 Å². The SMILES string of the molecule is CCCc1nnc(NC(=O)c2ccc3c(c2)S(=O)(=O)N(c2ccc(Cl)cc2)C3=O)s1. The number of amides is 2. The van der Waals surface area contributed by atoms with Crippen LogP contribution in [-0.4, -0.2) is 30.4 Å². The highest BCUT2D eigenvalue weighted by Gasteiger charge is 2.42. The Morgan fingerprint density at radius 2 is 1.90 bits per heavy atom. The highest BCUT2D eigenvalue weighted by atomic mass is 35.5. The molecule has 2 aromatic carbocycles. The molecule has 1 aromatic heterocycles. The number of anilines is 2. The van der Waals surface area contributed by atoms with Crippen LogP contribution in [0.25, 0.3) is 0 Å². The van der Waals surface area contributed by atoms with Gasteiger partial charge in [0.15, 0.2) is 0 Å². The molecule has 2 heterocycles. The quantitative estimate of drug-likeness (QED) is 0.618. The Bertz CT molecular complexity index is 1260. The van der Waals surface area contributed by atoms with Crippen molar-refractivity contribution in [1.82, 2.24) is 10.2 Å². The molecule has 1 aliphatic heterocycles. The number of hydrogen-bond acceptors (Lipinski definition) is 7. The monoisotopic (exact) mass is 462 g/mol. The fourth-order valence-corrected chi connectivity index (χ4v) is 5.58. The Balaban J connectivity index is 1.64. The molecule has 0 bridgehead atoms. The molecule has 0 unspecified atom stereocenters. The van der Waals surface area contributed by atoms with Crippen molar-refractivity contribution in [2.24, 2.45) is 0 Å². The summed E-state index contributed by atoms with van der Waals surface area (Å²) in [5, 5.41) is 12.1. The number of aryl methyl sites for hydroxylation is 1. The van der Waals surface area contributed by atoms with Crippen LogP contribution in [0, 0.1) is 0 Å². The standard InChI is InChI=1S/C19H15ClN4O4S2/c1-2-3-16-22-23-19(29-16)21-17(25)11-4-9-14-15(10-11)30(27,28)24(18(14)26)13-7-5-12(20)6-8-13/h4-10H,2-3H2,1H3,(H,21,23,25). The van der Waals surface area contributed by atoms with Crippen LogP contribution < -0.4 is 9.62 Å². The van der Waals surface area contributed by atoms with Gasteiger partial charge in [0.05, 0.1) is 11.3 Å². The zero-order valence-corrected chi connectivity index (χ0v) is 18.0. The molecule has 3 aromatic rings. The number of halogens is 1. The molecule has 0 saturated heterocycles. The minimum absolute atomic E-state index is 0.00245. The third-order valence-corrected chi connectivity index (χ3v) is 7.29. The lowest BCUT2D eigenvalue weighted by Gasteiger charge is -2.14. The zero-order valence-electron chi connectivity index (χ0n) is 15.6. The van der Waals surface area contributed by atoms with E-state index in [-0.39, 0.29) is 21.7 Å². The molecule has 1 N–H and O–H groups in total. The predicted molar refractivity (Wildman–Crippen MR) is 114 cm³/mol. The topological polar surface area (TPSA) is 109 Å². The largest absolute Gasteiger partial charge is 0.296 e. The minimum atomic E-state index is -4.16. The molecular weight excluding hydrogens is 448 g/mol. The van der Waals surface area contributed by atoms with Gasteiger partial charge >= 0.3 is 0 Å². The number of nitrogens with zero attached hydrogens (tertiary/aromatic N) is 3. The maximum atomic E-state index is 13.0. The molecule has 11 heteroatoms. The molecule has 0 atom stereocenters.